The first-order chi connectivity index (χ1) is 9.92. The number of hydrogen-bond acceptors (Lipinski definition) is 2. The zero-order chi connectivity index (χ0) is 15.6. The van der Waals surface area contributed by atoms with E-state index in [4.69, 9.17) is 4.74 Å². The average Bonchev–Trinajstić information content (AvgIpc) is 2.43. The van der Waals surface area contributed by atoms with Gasteiger partial charge in [0, 0.05) is 16.5 Å². The molecule has 2 rings (SSSR count). The average molecular weight is 347 g/mol. The second-order valence-electron chi connectivity index (χ2n) is 5.32. The monoisotopic (exact) mass is 346 g/mol. The third kappa shape index (κ3) is 3.53. The first-order valence-corrected chi connectivity index (χ1v) is 7.65. The van der Waals surface area contributed by atoms with Gasteiger partial charge < -0.3 is 4.74 Å². The van der Waals surface area contributed by atoms with Crippen molar-refractivity contribution >= 4 is 21.7 Å². The molecule has 0 heterocycles. The molecule has 0 aliphatic rings. The predicted molar refractivity (Wildman–Crippen MR) is 89.4 cm³/mol. The van der Waals surface area contributed by atoms with Crippen molar-refractivity contribution in [3.05, 3.63) is 62.6 Å². The van der Waals surface area contributed by atoms with Gasteiger partial charge in [-0.1, -0.05) is 33.6 Å². The van der Waals surface area contributed by atoms with Gasteiger partial charge in [0.1, 0.15) is 5.75 Å². The van der Waals surface area contributed by atoms with Crippen LogP contribution in [0.15, 0.2) is 34.8 Å². The molecule has 0 N–H and O–H groups in total. The molecule has 0 aliphatic carbocycles. The van der Waals surface area contributed by atoms with Crippen molar-refractivity contribution in [1.29, 1.82) is 0 Å². The standard InChI is InChI=1S/C18H19BrO2/c1-11-7-12(2)15(13(3)8-11)10-18(20)16-9-14(21-4)5-6-17(16)19/h5-9H,10H2,1-4H3. The van der Waals surface area contributed by atoms with E-state index in [1.54, 1.807) is 13.2 Å². The van der Waals surface area contributed by atoms with E-state index in [0.717, 1.165) is 10.0 Å². The van der Waals surface area contributed by atoms with Crippen LogP contribution in [-0.2, 0) is 6.42 Å². The molecular formula is C18H19BrO2. The molecule has 21 heavy (non-hydrogen) atoms. The lowest BCUT2D eigenvalue weighted by molar-refractivity contribution is 0.0991. The molecule has 0 aliphatic heterocycles. The van der Waals surface area contributed by atoms with E-state index in [1.165, 1.54) is 16.7 Å². The van der Waals surface area contributed by atoms with Crippen molar-refractivity contribution in [1.82, 2.24) is 0 Å². The Morgan fingerprint density at radius 3 is 2.29 bits per heavy atom. The number of aryl methyl sites for hydroxylation is 3. The quantitative estimate of drug-likeness (QED) is 0.742. The molecule has 0 saturated carbocycles. The maximum absolute atomic E-state index is 12.6. The van der Waals surface area contributed by atoms with E-state index in [0.29, 0.717) is 17.7 Å². The Kier molecular flexibility index (Phi) is 4.84. The van der Waals surface area contributed by atoms with Crippen molar-refractivity contribution in [3.63, 3.8) is 0 Å². The molecule has 0 bridgehead atoms. The summed E-state index contributed by atoms with van der Waals surface area (Å²) in [7, 11) is 1.60. The molecule has 0 saturated heterocycles. The summed E-state index contributed by atoms with van der Waals surface area (Å²) in [6, 6.07) is 9.71. The Hall–Kier alpha value is -1.61. The Bertz CT molecular complexity index is 667. The van der Waals surface area contributed by atoms with Gasteiger partial charge in [0.15, 0.2) is 5.78 Å². The number of benzene rings is 2. The van der Waals surface area contributed by atoms with E-state index in [-0.39, 0.29) is 5.78 Å². The molecule has 0 unspecified atom stereocenters. The number of ketones is 1. The van der Waals surface area contributed by atoms with E-state index >= 15 is 0 Å². The van der Waals surface area contributed by atoms with E-state index in [2.05, 4.69) is 48.8 Å². The summed E-state index contributed by atoms with van der Waals surface area (Å²) in [6.45, 7) is 6.19. The lowest BCUT2D eigenvalue weighted by Gasteiger charge is -2.12. The van der Waals surface area contributed by atoms with Crippen molar-refractivity contribution in [2.75, 3.05) is 7.11 Å². The van der Waals surface area contributed by atoms with Crippen LogP contribution in [0.25, 0.3) is 0 Å². The fraction of sp³-hybridized carbons (Fsp3) is 0.278. The first-order valence-electron chi connectivity index (χ1n) is 6.86. The normalized spacial score (nSPS) is 10.5. The van der Waals surface area contributed by atoms with Crippen LogP contribution < -0.4 is 4.74 Å². The molecule has 0 radical (unpaired) electrons. The summed E-state index contributed by atoms with van der Waals surface area (Å²) in [6.07, 6.45) is 0.406. The van der Waals surface area contributed by atoms with Gasteiger partial charge in [-0.3, -0.25) is 4.79 Å². The van der Waals surface area contributed by atoms with Gasteiger partial charge in [0.2, 0.25) is 0 Å². The minimum atomic E-state index is 0.0934. The number of carbonyl (C=O) groups is 1. The number of methoxy groups -OCH3 is 1. The molecule has 0 spiro atoms. The maximum atomic E-state index is 12.6. The van der Waals surface area contributed by atoms with Gasteiger partial charge in [0.25, 0.3) is 0 Å². The summed E-state index contributed by atoms with van der Waals surface area (Å²) in [4.78, 5) is 12.6. The minimum absolute atomic E-state index is 0.0934. The molecule has 2 nitrogen and oxygen atoms in total. The second-order valence-corrected chi connectivity index (χ2v) is 6.18. The van der Waals surface area contributed by atoms with Crippen molar-refractivity contribution in [3.8, 4) is 5.75 Å². The summed E-state index contributed by atoms with van der Waals surface area (Å²) < 4.78 is 6.00. The van der Waals surface area contributed by atoms with Crippen molar-refractivity contribution in [2.45, 2.75) is 27.2 Å². The highest BCUT2D eigenvalue weighted by Gasteiger charge is 2.15. The van der Waals surface area contributed by atoms with Gasteiger partial charge >= 0.3 is 0 Å². The van der Waals surface area contributed by atoms with E-state index < -0.39 is 0 Å². The Morgan fingerprint density at radius 1 is 1.10 bits per heavy atom. The van der Waals surface area contributed by atoms with Gasteiger partial charge in [-0.05, 0) is 55.7 Å². The largest absolute Gasteiger partial charge is 0.497 e. The smallest absolute Gasteiger partial charge is 0.168 e. The third-order valence-corrected chi connectivity index (χ3v) is 4.34. The molecule has 3 heteroatoms. The number of Topliss-reactive ketones (excluding diaryl/α,β-unsaturated/α-hetero) is 1. The van der Waals surface area contributed by atoms with Crippen molar-refractivity contribution in [2.24, 2.45) is 0 Å². The number of rotatable bonds is 4. The van der Waals surface area contributed by atoms with Crippen LogP contribution in [0, 0.1) is 20.8 Å². The molecule has 2 aromatic carbocycles. The summed E-state index contributed by atoms with van der Waals surface area (Å²) in [5.74, 6) is 0.787. The van der Waals surface area contributed by atoms with Gasteiger partial charge in [0.05, 0.1) is 7.11 Å². The van der Waals surface area contributed by atoms with E-state index in [1.807, 2.05) is 12.1 Å². The maximum Gasteiger partial charge on any atom is 0.168 e. The Labute approximate surface area is 134 Å². The number of ether oxygens (including phenoxy) is 1. The van der Waals surface area contributed by atoms with Crippen LogP contribution in [-0.4, -0.2) is 12.9 Å². The van der Waals surface area contributed by atoms with Crippen molar-refractivity contribution < 1.29 is 9.53 Å². The predicted octanol–water partition coefficient (Wildman–Crippen LogP) is 4.81. The van der Waals surface area contributed by atoms with Gasteiger partial charge in [-0.25, -0.2) is 0 Å². The molecule has 0 atom stereocenters. The molecule has 110 valence electrons. The number of carbonyl (C=O) groups excluding carboxylic acids is 1. The minimum Gasteiger partial charge on any atom is -0.497 e. The third-order valence-electron chi connectivity index (χ3n) is 3.65. The highest BCUT2D eigenvalue weighted by Crippen LogP contribution is 2.25. The van der Waals surface area contributed by atoms with Crippen LogP contribution in [0.2, 0.25) is 0 Å². The van der Waals surface area contributed by atoms with Gasteiger partial charge in [-0.15, -0.1) is 0 Å². The Balaban J connectivity index is 2.35. The van der Waals surface area contributed by atoms with E-state index in [9.17, 15) is 4.79 Å². The van der Waals surface area contributed by atoms with Crippen LogP contribution in [0.4, 0.5) is 0 Å². The van der Waals surface area contributed by atoms with Crippen LogP contribution in [0.1, 0.15) is 32.6 Å². The molecule has 0 aromatic heterocycles. The first kappa shape index (κ1) is 15.8. The molecule has 2 aromatic rings. The lowest BCUT2D eigenvalue weighted by Crippen LogP contribution is -2.08. The molecule has 0 fully saturated rings. The zero-order valence-corrected chi connectivity index (χ0v) is 14.4. The highest BCUT2D eigenvalue weighted by atomic mass is 79.9. The highest BCUT2D eigenvalue weighted by molar-refractivity contribution is 9.10. The number of hydrogen-bond donors (Lipinski definition) is 0. The van der Waals surface area contributed by atoms with Gasteiger partial charge in [-0.2, -0.15) is 0 Å². The lowest BCUT2D eigenvalue weighted by atomic mass is 9.94. The Morgan fingerprint density at radius 2 is 1.71 bits per heavy atom. The summed E-state index contributed by atoms with van der Waals surface area (Å²) in [5.41, 5.74) is 5.33. The van der Waals surface area contributed by atoms with Crippen LogP contribution in [0.5, 0.6) is 5.75 Å². The van der Waals surface area contributed by atoms with Crippen LogP contribution in [0.3, 0.4) is 0 Å². The second kappa shape index (κ2) is 6.44. The topological polar surface area (TPSA) is 26.3 Å². The summed E-state index contributed by atoms with van der Waals surface area (Å²) >= 11 is 3.45. The zero-order valence-electron chi connectivity index (χ0n) is 12.8. The fourth-order valence-electron chi connectivity index (χ4n) is 2.59. The summed E-state index contributed by atoms with van der Waals surface area (Å²) in [5, 5.41) is 0. The van der Waals surface area contributed by atoms with Crippen LogP contribution >= 0.6 is 15.9 Å². The fourth-order valence-corrected chi connectivity index (χ4v) is 3.06. The number of halogens is 1. The molecule has 0 amide bonds. The molecular weight excluding hydrogens is 328 g/mol. The SMILES string of the molecule is COc1ccc(Br)c(C(=O)Cc2c(C)cc(C)cc2C)c1.